The second-order valence-electron chi connectivity index (χ2n) is 6.98. The third kappa shape index (κ3) is 2.81. The van der Waals surface area contributed by atoms with Gasteiger partial charge < -0.3 is 4.90 Å². The second kappa shape index (κ2) is 6.79. The van der Waals surface area contributed by atoms with Crippen molar-refractivity contribution in [2.24, 2.45) is 7.05 Å². The molecule has 1 aliphatic rings. The van der Waals surface area contributed by atoms with Crippen molar-refractivity contribution < 1.29 is 4.79 Å². The molecule has 1 aromatic heterocycles. The van der Waals surface area contributed by atoms with Crippen molar-refractivity contribution in [1.29, 1.82) is 0 Å². The van der Waals surface area contributed by atoms with Crippen LogP contribution in [-0.4, -0.2) is 33.7 Å². The average Bonchev–Trinajstić information content (AvgIpc) is 3.14. The zero-order valence-corrected chi connectivity index (χ0v) is 15.0. The predicted molar refractivity (Wildman–Crippen MR) is 102 cm³/mol. The van der Waals surface area contributed by atoms with Gasteiger partial charge in [0, 0.05) is 31.7 Å². The lowest BCUT2D eigenvalue weighted by Crippen LogP contribution is -2.49. The molecule has 0 unspecified atom stereocenters. The van der Waals surface area contributed by atoms with Crippen molar-refractivity contribution in [1.82, 2.24) is 14.7 Å². The third-order valence-electron chi connectivity index (χ3n) is 5.47. The Morgan fingerprint density at radius 3 is 2.12 bits per heavy atom. The van der Waals surface area contributed by atoms with Gasteiger partial charge >= 0.3 is 0 Å². The first-order valence-corrected chi connectivity index (χ1v) is 9.09. The molecule has 0 atom stereocenters. The van der Waals surface area contributed by atoms with Crippen LogP contribution in [0.25, 0.3) is 0 Å². The van der Waals surface area contributed by atoms with Gasteiger partial charge in [-0.25, -0.2) is 0 Å². The fraction of sp³-hybridized carbons (Fsp3) is 0.273. The molecule has 0 spiro atoms. The molecule has 4 heteroatoms. The van der Waals surface area contributed by atoms with E-state index in [4.69, 9.17) is 0 Å². The number of aromatic nitrogens is 2. The molecule has 0 saturated carbocycles. The normalized spacial score (nSPS) is 16.4. The molecule has 1 amide bonds. The van der Waals surface area contributed by atoms with Gasteiger partial charge in [-0.1, -0.05) is 60.7 Å². The molecule has 1 aliphatic heterocycles. The summed E-state index contributed by atoms with van der Waals surface area (Å²) in [6.07, 6.45) is 3.70. The van der Waals surface area contributed by atoms with Gasteiger partial charge in [0.1, 0.15) is 5.69 Å². The minimum absolute atomic E-state index is 0.0564. The Kier molecular flexibility index (Phi) is 4.33. The highest BCUT2D eigenvalue weighted by molar-refractivity contribution is 5.92. The highest BCUT2D eigenvalue weighted by atomic mass is 16.2. The van der Waals surface area contributed by atoms with Gasteiger partial charge in [0.25, 0.3) is 5.91 Å². The number of carbonyl (C=O) groups excluding carboxylic acids is 1. The van der Waals surface area contributed by atoms with E-state index in [9.17, 15) is 4.79 Å². The number of carbonyl (C=O) groups is 1. The number of rotatable bonds is 3. The average molecular weight is 345 g/mol. The number of aryl methyl sites for hydroxylation is 1. The maximum Gasteiger partial charge on any atom is 0.272 e. The molecule has 4 rings (SSSR count). The number of benzene rings is 2. The van der Waals surface area contributed by atoms with Crippen LogP contribution in [0.1, 0.15) is 34.5 Å². The Balaban J connectivity index is 1.75. The van der Waals surface area contributed by atoms with E-state index in [0.717, 1.165) is 19.4 Å². The lowest BCUT2D eigenvalue weighted by atomic mass is 9.69. The summed E-state index contributed by atoms with van der Waals surface area (Å²) >= 11 is 0. The van der Waals surface area contributed by atoms with Crippen molar-refractivity contribution in [2.75, 3.05) is 13.1 Å². The van der Waals surface area contributed by atoms with E-state index in [2.05, 4.69) is 53.6 Å². The topological polar surface area (TPSA) is 38.1 Å². The number of hydrogen-bond donors (Lipinski definition) is 0. The Labute approximate surface area is 154 Å². The summed E-state index contributed by atoms with van der Waals surface area (Å²) in [6.45, 7) is 1.47. The van der Waals surface area contributed by atoms with Gasteiger partial charge in [-0.2, -0.15) is 5.10 Å². The molecule has 0 N–H and O–H groups in total. The van der Waals surface area contributed by atoms with Gasteiger partial charge in [-0.05, 0) is 30.0 Å². The van der Waals surface area contributed by atoms with E-state index in [-0.39, 0.29) is 11.3 Å². The quantitative estimate of drug-likeness (QED) is 0.727. The molecule has 0 radical (unpaired) electrons. The summed E-state index contributed by atoms with van der Waals surface area (Å²) < 4.78 is 1.66. The summed E-state index contributed by atoms with van der Waals surface area (Å²) in [7, 11) is 1.82. The molecule has 1 fully saturated rings. The van der Waals surface area contributed by atoms with Crippen molar-refractivity contribution in [3.63, 3.8) is 0 Å². The van der Waals surface area contributed by atoms with Crippen LogP contribution in [0.3, 0.4) is 0 Å². The standard InChI is InChI=1S/C22H23N3O/c1-24-20(13-15-23-24)21(26)25-16-8-14-22(17-25,18-9-4-2-5-10-18)19-11-6-3-7-12-19/h2-7,9-13,15H,8,14,16-17H2,1H3. The van der Waals surface area contributed by atoms with Crippen LogP contribution in [0.4, 0.5) is 0 Å². The zero-order valence-electron chi connectivity index (χ0n) is 15.0. The zero-order chi connectivity index (χ0) is 18.0. The first-order chi connectivity index (χ1) is 12.7. The number of nitrogens with zero attached hydrogens (tertiary/aromatic N) is 3. The lowest BCUT2D eigenvalue weighted by Gasteiger charge is -2.44. The molecule has 2 aromatic carbocycles. The van der Waals surface area contributed by atoms with Crippen LogP contribution in [-0.2, 0) is 12.5 Å². The summed E-state index contributed by atoms with van der Waals surface area (Å²) in [6, 6.07) is 23.0. The molecule has 132 valence electrons. The third-order valence-corrected chi connectivity index (χ3v) is 5.47. The van der Waals surface area contributed by atoms with Crippen LogP contribution in [0.15, 0.2) is 72.9 Å². The van der Waals surface area contributed by atoms with Gasteiger partial charge in [-0.3, -0.25) is 9.48 Å². The lowest BCUT2D eigenvalue weighted by molar-refractivity contribution is 0.0655. The van der Waals surface area contributed by atoms with Crippen LogP contribution in [0.2, 0.25) is 0 Å². The van der Waals surface area contributed by atoms with Crippen molar-refractivity contribution in [3.8, 4) is 0 Å². The SMILES string of the molecule is Cn1nccc1C(=O)N1CCCC(c2ccccc2)(c2ccccc2)C1. The van der Waals surface area contributed by atoms with Gasteiger partial charge in [0.2, 0.25) is 0 Å². The molecular weight excluding hydrogens is 322 g/mol. The van der Waals surface area contributed by atoms with Crippen LogP contribution in [0, 0.1) is 0 Å². The van der Waals surface area contributed by atoms with E-state index in [1.54, 1.807) is 16.9 Å². The summed E-state index contributed by atoms with van der Waals surface area (Å²) in [5.41, 5.74) is 3.01. The Morgan fingerprint density at radius 2 is 1.58 bits per heavy atom. The highest BCUT2D eigenvalue weighted by Crippen LogP contribution is 2.40. The molecule has 1 saturated heterocycles. The minimum Gasteiger partial charge on any atom is -0.336 e. The molecule has 4 nitrogen and oxygen atoms in total. The molecular formula is C22H23N3O. The molecule has 0 bridgehead atoms. The number of piperidine rings is 1. The Morgan fingerprint density at radius 1 is 0.962 bits per heavy atom. The van der Waals surface area contributed by atoms with E-state index < -0.39 is 0 Å². The van der Waals surface area contributed by atoms with Crippen molar-refractivity contribution >= 4 is 5.91 Å². The smallest absolute Gasteiger partial charge is 0.272 e. The maximum atomic E-state index is 13.1. The van der Waals surface area contributed by atoms with Gasteiger partial charge in [0.15, 0.2) is 0 Å². The fourth-order valence-electron chi connectivity index (χ4n) is 4.13. The Hall–Kier alpha value is -2.88. The number of amides is 1. The Bertz CT molecular complexity index is 847. The summed E-state index contributed by atoms with van der Waals surface area (Å²) in [5.74, 6) is 0.0564. The van der Waals surface area contributed by atoms with E-state index in [1.165, 1.54) is 11.1 Å². The van der Waals surface area contributed by atoms with E-state index in [0.29, 0.717) is 12.2 Å². The highest BCUT2D eigenvalue weighted by Gasteiger charge is 2.40. The minimum atomic E-state index is -0.172. The van der Waals surface area contributed by atoms with Gasteiger partial charge in [-0.15, -0.1) is 0 Å². The summed E-state index contributed by atoms with van der Waals surface area (Å²) in [5, 5.41) is 4.15. The van der Waals surface area contributed by atoms with Crippen LogP contribution >= 0.6 is 0 Å². The maximum absolute atomic E-state index is 13.1. The fourth-order valence-corrected chi connectivity index (χ4v) is 4.13. The molecule has 0 aliphatic carbocycles. The predicted octanol–water partition coefficient (Wildman–Crippen LogP) is 3.64. The number of hydrogen-bond acceptors (Lipinski definition) is 2. The van der Waals surface area contributed by atoms with Crippen LogP contribution in [0.5, 0.6) is 0 Å². The largest absolute Gasteiger partial charge is 0.336 e. The first kappa shape index (κ1) is 16.6. The number of likely N-dealkylation sites (tertiary alicyclic amines) is 1. The van der Waals surface area contributed by atoms with E-state index in [1.807, 2.05) is 24.1 Å². The first-order valence-electron chi connectivity index (χ1n) is 9.09. The monoisotopic (exact) mass is 345 g/mol. The van der Waals surface area contributed by atoms with Crippen molar-refractivity contribution in [2.45, 2.75) is 18.3 Å². The van der Waals surface area contributed by atoms with Crippen molar-refractivity contribution in [3.05, 3.63) is 89.7 Å². The van der Waals surface area contributed by atoms with E-state index >= 15 is 0 Å². The molecule has 26 heavy (non-hydrogen) atoms. The van der Waals surface area contributed by atoms with Gasteiger partial charge in [0.05, 0.1) is 0 Å². The summed E-state index contributed by atoms with van der Waals surface area (Å²) in [4.78, 5) is 15.1. The molecule has 3 aromatic rings. The second-order valence-corrected chi connectivity index (χ2v) is 6.98. The van der Waals surface area contributed by atoms with Crippen LogP contribution < -0.4 is 0 Å². The molecule has 2 heterocycles.